The molecule has 2 aromatic carbocycles. The normalized spacial score (nSPS) is 12.1. The number of hydrogen-bond donors (Lipinski definition) is 1. The monoisotopic (exact) mass is 371 g/mol. The van der Waals surface area contributed by atoms with E-state index in [1.165, 1.54) is 33.2 Å². The third-order valence-corrected chi connectivity index (χ3v) is 5.53. The van der Waals surface area contributed by atoms with E-state index in [2.05, 4.69) is 101 Å². The van der Waals surface area contributed by atoms with Crippen molar-refractivity contribution in [3.63, 3.8) is 0 Å². The lowest BCUT2D eigenvalue weighted by Gasteiger charge is -2.22. The summed E-state index contributed by atoms with van der Waals surface area (Å²) < 4.78 is 2.32. The summed E-state index contributed by atoms with van der Waals surface area (Å²) in [6, 6.07) is 15.3. The van der Waals surface area contributed by atoms with E-state index in [-0.39, 0.29) is 5.41 Å². The summed E-state index contributed by atoms with van der Waals surface area (Å²) in [5.74, 6) is 0.928. The maximum absolute atomic E-state index is 5.07. The minimum atomic E-state index is 0.0146. The number of imidazole rings is 1. The van der Waals surface area contributed by atoms with Crippen LogP contribution in [0.1, 0.15) is 48.8 Å². The van der Waals surface area contributed by atoms with Crippen LogP contribution in [0.2, 0.25) is 0 Å². The van der Waals surface area contributed by atoms with Crippen LogP contribution in [-0.2, 0) is 5.41 Å². The third kappa shape index (κ3) is 2.95. The van der Waals surface area contributed by atoms with Gasteiger partial charge in [-0.2, -0.15) is 0 Å². The Kier molecular flexibility index (Phi) is 4.22. The van der Waals surface area contributed by atoms with Crippen LogP contribution >= 0.6 is 0 Å². The maximum atomic E-state index is 5.07. The molecule has 0 fully saturated rings. The van der Waals surface area contributed by atoms with E-state index in [1.807, 2.05) is 0 Å². The zero-order chi connectivity index (χ0) is 20.2. The molecule has 0 aliphatic carbocycles. The van der Waals surface area contributed by atoms with Gasteiger partial charge in [0.25, 0.3) is 0 Å². The quantitative estimate of drug-likeness (QED) is 0.422. The molecule has 0 atom stereocenters. The summed E-state index contributed by atoms with van der Waals surface area (Å²) in [6.45, 7) is 15.4. The first-order chi connectivity index (χ1) is 13.2. The molecule has 2 heterocycles. The number of pyridine rings is 1. The second kappa shape index (κ2) is 6.37. The van der Waals surface area contributed by atoms with Crippen LogP contribution in [0.4, 0.5) is 11.5 Å². The van der Waals surface area contributed by atoms with Gasteiger partial charge < -0.3 is 5.32 Å². The van der Waals surface area contributed by atoms with Crippen molar-refractivity contribution in [2.24, 2.45) is 0 Å². The molecule has 0 saturated heterocycles. The molecule has 0 aliphatic rings. The second-order valence-electron chi connectivity index (χ2n) is 8.97. The third-order valence-electron chi connectivity index (χ3n) is 5.53. The van der Waals surface area contributed by atoms with Crippen LogP contribution in [0.25, 0.3) is 16.4 Å². The van der Waals surface area contributed by atoms with Gasteiger partial charge >= 0.3 is 0 Å². The number of nitrogens with one attached hydrogen (secondary N) is 1. The Hall–Kier alpha value is -2.81. The highest BCUT2D eigenvalue weighted by atomic mass is 15.1. The Balaban J connectivity index is 2.00. The number of rotatable bonds is 2. The smallest absolute Gasteiger partial charge is 0.152 e. The first-order valence-electron chi connectivity index (χ1n) is 9.93. The molecule has 0 radical (unpaired) electrons. The molecule has 0 saturated carbocycles. The van der Waals surface area contributed by atoms with Gasteiger partial charge in [0, 0.05) is 22.2 Å². The van der Waals surface area contributed by atoms with Crippen molar-refractivity contribution < 1.29 is 0 Å². The fraction of sp³-hybridized carbons (Fsp3) is 0.320. The highest BCUT2D eigenvalue weighted by Gasteiger charge is 2.23. The molecule has 0 aliphatic heterocycles. The second-order valence-corrected chi connectivity index (χ2v) is 8.97. The lowest BCUT2D eigenvalue weighted by molar-refractivity contribution is 0.560. The molecule has 2 aromatic heterocycles. The van der Waals surface area contributed by atoms with Crippen LogP contribution < -0.4 is 5.32 Å². The van der Waals surface area contributed by atoms with Crippen molar-refractivity contribution in [1.82, 2.24) is 9.38 Å². The first kappa shape index (κ1) is 18.5. The Morgan fingerprint density at radius 2 is 1.54 bits per heavy atom. The summed E-state index contributed by atoms with van der Waals surface area (Å²) in [6.07, 6.45) is 0. The van der Waals surface area contributed by atoms with E-state index in [9.17, 15) is 0 Å². The van der Waals surface area contributed by atoms with Gasteiger partial charge in [-0.25, -0.2) is 4.98 Å². The van der Waals surface area contributed by atoms with Crippen molar-refractivity contribution in [2.75, 3.05) is 5.32 Å². The van der Waals surface area contributed by atoms with Crippen LogP contribution in [0, 0.1) is 27.7 Å². The SMILES string of the molecule is Cc1cc(C)c(Nc2nc3c4ccccc4cc(C(C)(C)C)n3c2C)c(C)c1. The number of aromatic nitrogens is 2. The number of fused-ring (bicyclic) bond motifs is 3. The predicted molar refractivity (Wildman–Crippen MR) is 120 cm³/mol. The summed E-state index contributed by atoms with van der Waals surface area (Å²) in [7, 11) is 0. The highest BCUT2D eigenvalue weighted by molar-refractivity contribution is 5.95. The molecular weight excluding hydrogens is 342 g/mol. The van der Waals surface area contributed by atoms with Crippen molar-refractivity contribution in [1.29, 1.82) is 0 Å². The van der Waals surface area contributed by atoms with Crippen LogP contribution in [0.3, 0.4) is 0 Å². The Bertz CT molecular complexity index is 1180. The van der Waals surface area contributed by atoms with Gasteiger partial charge in [-0.3, -0.25) is 4.40 Å². The van der Waals surface area contributed by atoms with Crippen molar-refractivity contribution >= 4 is 27.9 Å². The lowest BCUT2D eigenvalue weighted by atomic mass is 9.90. The maximum Gasteiger partial charge on any atom is 0.152 e. The molecule has 3 heteroatoms. The van der Waals surface area contributed by atoms with Crippen molar-refractivity contribution in [3.05, 3.63) is 70.5 Å². The molecule has 4 aromatic rings. The fourth-order valence-corrected chi connectivity index (χ4v) is 4.18. The standard InChI is InChI=1S/C25H29N3/c1-15-12-16(2)22(17(3)13-15)26-23-18(4)28-21(25(5,6)7)14-19-10-8-9-11-20(19)24(28)27-23/h8-14,26H,1-7H3. The van der Waals surface area contributed by atoms with E-state index in [4.69, 9.17) is 4.98 Å². The first-order valence-corrected chi connectivity index (χ1v) is 9.93. The summed E-state index contributed by atoms with van der Waals surface area (Å²) >= 11 is 0. The number of benzene rings is 2. The van der Waals surface area contributed by atoms with E-state index >= 15 is 0 Å². The van der Waals surface area contributed by atoms with Gasteiger partial charge in [-0.05, 0) is 50.3 Å². The highest BCUT2D eigenvalue weighted by Crippen LogP contribution is 2.34. The van der Waals surface area contributed by atoms with Crippen LogP contribution in [-0.4, -0.2) is 9.38 Å². The van der Waals surface area contributed by atoms with Gasteiger partial charge in [-0.1, -0.05) is 62.7 Å². The number of aryl methyl sites for hydroxylation is 4. The van der Waals surface area contributed by atoms with Gasteiger partial charge in [0.1, 0.15) is 5.65 Å². The van der Waals surface area contributed by atoms with E-state index in [0.29, 0.717) is 0 Å². The molecule has 0 spiro atoms. The van der Waals surface area contributed by atoms with Gasteiger partial charge in [0.2, 0.25) is 0 Å². The van der Waals surface area contributed by atoms with Crippen LogP contribution in [0.15, 0.2) is 42.5 Å². The molecule has 0 bridgehead atoms. The molecular formula is C25H29N3. The number of hydrogen-bond acceptors (Lipinski definition) is 2. The minimum absolute atomic E-state index is 0.0146. The molecule has 28 heavy (non-hydrogen) atoms. The average molecular weight is 372 g/mol. The zero-order valence-electron chi connectivity index (χ0n) is 17.9. The topological polar surface area (TPSA) is 29.3 Å². The Morgan fingerprint density at radius 1 is 0.893 bits per heavy atom. The Morgan fingerprint density at radius 3 is 2.18 bits per heavy atom. The number of nitrogens with zero attached hydrogens (tertiary/aromatic N) is 2. The summed E-state index contributed by atoms with van der Waals surface area (Å²) in [5, 5.41) is 6.06. The average Bonchev–Trinajstić information content (AvgIpc) is 2.93. The van der Waals surface area contributed by atoms with Gasteiger partial charge in [0.05, 0.1) is 5.69 Å². The molecule has 144 valence electrons. The molecule has 0 unspecified atom stereocenters. The van der Waals surface area contributed by atoms with E-state index < -0.39 is 0 Å². The molecule has 3 nitrogen and oxygen atoms in total. The minimum Gasteiger partial charge on any atom is -0.338 e. The lowest BCUT2D eigenvalue weighted by Crippen LogP contribution is -2.17. The van der Waals surface area contributed by atoms with Crippen molar-refractivity contribution in [2.45, 2.75) is 53.9 Å². The molecule has 1 N–H and O–H groups in total. The largest absolute Gasteiger partial charge is 0.338 e. The van der Waals surface area contributed by atoms with E-state index in [0.717, 1.165) is 22.8 Å². The molecule has 0 amide bonds. The van der Waals surface area contributed by atoms with Crippen LogP contribution in [0.5, 0.6) is 0 Å². The van der Waals surface area contributed by atoms with E-state index in [1.54, 1.807) is 0 Å². The Labute approximate surface area is 167 Å². The van der Waals surface area contributed by atoms with Gasteiger partial charge in [0.15, 0.2) is 5.82 Å². The number of anilines is 2. The van der Waals surface area contributed by atoms with Crippen molar-refractivity contribution in [3.8, 4) is 0 Å². The summed E-state index contributed by atoms with van der Waals surface area (Å²) in [4.78, 5) is 5.07. The predicted octanol–water partition coefficient (Wildman–Crippen LogP) is 6.76. The molecule has 4 rings (SSSR count). The summed E-state index contributed by atoms with van der Waals surface area (Å²) in [5.41, 5.74) is 8.38. The fourth-order valence-electron chi connectivity index (χ4n) is 4.18. The van der Waals surface area contributed by atoms with Gasteiger partial charge in [-0.15, -0.1) is 0 Å². The zero-order valence-corrected chi connectivity index (χ0v) is 17.9.